The number of nitrogens with one attached hydrogen (secondary N) is 2. The molecule has 0 radical (unpaired) electrons. The van der Waals surface area contributed by atoms with Gasteiger partial charge < -0.3 is 15.4 Å². The number of aliphatic imine (C=N–C) groups is 1. The summed E-state index contributed by atoms with van der Waals surface area (Å²) in [6, 6.07) is 0.346. The van der Waals surface area contributed by atoms with E-state index in [4.69, 9.17) is 4.74 Å². The fraction of sp³-hybridized carbons (Fsp3) is 0.929. The van der Waals surface area contributed by atoms with Gasteiger partial charge >= 0.3 is 0 Å². The van der Waals surface area contributed by atoms with Crippen molar-refractivity contribution in [3.8, 4) is 0 Å². The van der Waals surface area contributed by atoms with Gasteiger partial charge in [0.1, 0.15) is 0 Å². The molecule has 0 aromatic carbocycles. The van der Waals surface area contributed by atoms with Crippen LogP contribution in [0.4, 0.5) is 0 Å². The van der Waals surface area contributed by atoms with Crippen molar-refractivity contribution in [1.29, 1.82) is 0 Å². The van der Waals surface area contributed by atoms with E-state index in [9.17, 15) is 8.42 Å². The van der Waals surface area contributed by atoms with Crippen LogP contribution < -0.4 is 10.6 Å². The van der Waals surface area contributed by atoms with Crippen LogP contribution in [0.1, 0.15) is 20.8 Å². The van der Waals surface area contributed by atoms with Crippen molar-refractivity contribution in [2.75, 3.05) is 57.4 Å². The van der Waals surface area contributed by atoms with E-state index in [1.165, 1.54) is 0 Å². The summed E-state index contributed by atoms with van der Waals surface area (Å²) < 4.78 is 28.3. The zero-order valence-electron chi connectivity index (χ0n) is 14.4. The first-order chi connectivity index (χ1) is 10.5. The molecule has 1 heterocycles. The Balaban J connectivity index is 0.00000484. The summed E-state index contributed by atoms with van der Waals surface area (Å²) in [5.74, 6) is 0.984. The molecule has 0 bridgehead atoms. The quantitative estimate of drug-likeness (QED) is 0.307. The maximum Gasteiger partial charge on any atom is 0.191 e. The Morgan fingerprint density at radius 2 is 1.91 bits per heavy atom. The Labute approximate surface area is 157 Å². The number of guanidine groups is 1. The number of hydrogen-bond donors (Lipinski definition) is 2. The maximum atomic E-state index is 11.5. The molecule has 0 saturated carbocycles. The molecule has 7 nitrogen and oxygen atoms in total. The van der Waals surface area contributed by atoms with Crippen molar-refractivity contribution in [1.82, 2.24) is 15.5 Å². The van der Waals surface area contributed by atoms with Gasteiger partial charge in [0, 0.05) is 38.0 Å². The molecule has 1 aliphatic rings. The lowest BCUT2D eigenvalue weighted by Crippen LogP contribution is -2.45. The van der Waals surface area contributed by atoms with E-state index in [1.54, 1.807) is 6.92 Å². The number of rotatable bonds is 8. The van der Waals surface area contributed by atoms with Crippen molar-refractivity contribution in [2.45, 2.75) is 26.8 Å². The van der Waals surface area contributed by atoms with Gasteiger partial charge in [-0.1, -0.05) is 6.92 Å². The Kier molecular flexibility index (Phi) is 12.2. The topological polar surface area (TPSA) is 83.0 Å². The average Bonchev–Trinajstić information content (AvgIpc) is 2.53. The molecule has 23 heavy (non-hydrogen) atoms. The lowest BCUT2D eigenvalue weighted by Gasteiger charge is -2.31. The van der Waals surface area contributed by atoms with Gasteiger partial charge in [-0.15, -0.1) is 24.0 Å². The average molecular weight is 462 g/mol. The number of nitrogens with zero attached hydrogens (tertiary/aromatic N) is 2. The van der Waals surface area contributed by atoms with Gasteiger partial charge in [-0.25, -0.2) is 8.42 Å². The van der Waals surface area contributed by atoms with Crippen LogP contribution in [0.25, 0.3) is 0 Å². The fourth-order valence-electron chi connectivity index (χ4n) is 2.17. The van der Waals surface area contributed by atoms with E-state index < -0.39 is 9.84 Å². The van der Waals surface area contributed by atoms with Gasteiger partial charge in [-0.05, 0) is 13.8 Å². The standard InChI is InChI=1S/C14H30N4O3S.HI/c1-4-15-14(16-6-11-22(19,20)5-2)17-12-13(3)18-7-9-21-10-8-18;/h13H,4-12H2,1-3H3,(H2,15,16,17);1H. The summed E-state index contributed by atoms with van der Waals surface area (Å²) >= 11 is 0. The third kappa shape index (κ3) is 9.68. The minimum Gasteiger partial charge on any atom is -0.379 e. The second-order valence-corrected chi connectivity index (χ2v) is 7.85. The van der Waals surface area contributed by atoms with Crippen LogP contribution in [0, 0.1) is 0 Å². The number of sulfone groups is 1. The van der Waals surface area contributed by atoms with Crippen LogP contribution in [0.5, 0.6) is 0 Å². The van der Waals surface area contributed by atoms with Crippen LogP contribution in [0.3, 0.4) is 0 Å². The molecule has 0 amide bonds. The van der Waals surface area contributed by atoms with Crippen LogP contribution in [0.15, 0.2) is 4.99 Å². The molecule has 1 aliphatic heterocycles. The third-order valence-corrected chi connectivity index (χ3v) is 5.38. The first kappa shape index (κ1) is 22.9. The van der Waals surface area contributed by atoms with E-state index in [-0.39, 0.29) is 35.5 Å². The summed E-state index contributed by atoms with van der Waals surface area (Å²) in [6.45, 7) is 11.1. The smallest absolute Gasteiger partial charge is 0.191 e. The first-order valence-corrected chi connectivity index (χ1v) is 9.85. The Hall–Kier alpha value is -0.130. The SMILES string of the molecule is CCNC(=NCC(C)N1CCOCC1)NCCS(=O)(=O)CC.I. The molecule has 1 atom stereocenters. The van der Waals surface area contributed by atoms with E-state index >= 15 is 0 Å². The molecule has 1 unspecified atom stereocenters. The van der Waals surface area contributed by atoms with E-state index in [1.807, 2.05) is 6.92 Å². The second kappa shape index (κ2) is 12.3. The predicted octanol–water partition coefficient (Wildman–Crippen LogP) is 0.315. The first-order valence-electron chi connectivity index (χ1n) is 8.03. The molecule has 1 rings (SSSR count). The highest BCUT2D eigenvalue weighted by Crippen LogP contribution is 2.03. The van der Waals surface area contributed by atoms with E-state index in [2.05, 4.69) is 27.4 Å². The van der Waals surface area contributed by atoms with Crippen LogP contribution in [-0.2, 0) is 14.6 Å². The maximum absolute atomic E-state index is 11.5. The third-order valence-electron chi connectivity index (χ3n) is 3.67. The number of morpholine rings is 1. The Morgan fingerprint density at radius 1 is 1.26 bits per heavy atom. The van der Waals surface area contributed by atoms with Crippen LogP contribution in [-0.4, -0.2) is 82.8 Å². The summed E-state index contributed by atoms with van der Waals surface area (Å²) in [4.78, 5) is 6.91. The highest BCUT2D eigenvalue weighted by molar-refractivity contribution is 14.0. The largest absolute Gasteiger partial charge is 0.379 e. The van der Waals surface area contributed by atoms with Crippen LogP contribution >= 0.6 is 24.0 Å². The Morgan fingerprint density at radius 3 is 2.48 bits per heavy atom. The van der Waals surface area contributed by atoms with Crippen molar-refractivity contribution in [3.63, 3.8) is 0 Å². The molecule has 138 valence electrons. The molecule has 9 heteroatoms. The predicted molar refractivity (Wildman–Crippen MR) is 106 cm³/mol. The molecule has 0 aromatic heterocycles. The van der Waals surface area contributed by atoms with Gasteiger partial charge in [0.2, 0.25) is 0 Å². The van der Waals surface area contributed by atoms with Crippen LogP contribution in [0.2, 0.25) is 0 Å². The van der Waals surface area contributed by atoms with Crippen molar-refractivity contribution in [2.24, 2.45) is 4.99 Å². The van der Waals surface area contributed by atoms with Gasteiger partial charge in [-0.3, -0.25) is 9.89 Å². The summed E-state index contributed by atoms with van der Waals surface area (Å²) in [5.41, 5.74) is 0. The summed E-state index contributed by atoms with van der Waals surface area (Å²) in [6.07, 6.45) is 0. The van der Waals surface area contributed by atoms with Gasteiger partial charge in [0.15, 0.2) is 15.8 Å². The lowest BCUT2D eigenvalue weighted by molar-refractivity contribution is 0.0220. The second-order valence-electron chi connectivity index (χ2n) is 5.38. The zero-order chi connectivity index (χ0) is 16.4. The Bertz CT molecular complexity index is 439. The normalized spacial score (nSPS) is 18.1. The van der Waals surface area contributed by atoms with Crippen molar-refractivity contribution in [3.05, 3.63) is 0 Å². The highest BCUT2D eigenvalue weighted by atomic mass is 127. The molecule has 0 spiro atoms. The molecule has 0 aromatic rings. The number of ether oxygens (including phenoxy) is 1. The fourth-order valence-corrected chi connectivity index (χ4v) is 2.87. The molecular weight excluding hydrogens is 431 g/mol. The van der Waals surface area contributed by atoms with Gasteiger partial charge in [-0.2, -0.15) is 0 Å². The molecular formula is C14H31IN4O3S. The number of hydrogen-bond acceptors (Lipinski definition) is 5. The van der Waals surface area contributed by atoms with E-state index in [0.29, 0.717) is 25.1 Å². The molecule has 2 N–H and O–H groups in total. The molecule has 1 saturated heterocycles. The zero-order valence-corrected chi connectivity index (χ0v) is 17.5. The minimum atomic E-state index is -2.95. The molecule has 1 fully saturated rings. The summed E-state index contributed by atoms with van der Waals surface area (Å²) in [7, 11) is -2.95. The summed E-state index contributed by atoms with van der Waals surface area (Å²) in [5, 5.41) is 6.23. The minimum absolute atomic E-state index is 0. The van der Waals surface area contributed by atoms with E-state index in [0.717, 1.165) is 32.8 Å². The van der Waals surface area contributed by atoms with Gasteiger partial charge in [0.25, 0.3) is 0 Å². The monoisotopic (exact) mass is 462 g/mol. The van der Waals surface area contributed by atoms with Crippen molar-refractivity contribution < 1.29 is 13.2 Å². The lowest BCUT2D eigenvalue weighted by atomic mass is 10.2. The number of halogens is 1. The highest BCUT2D eigenvalue weighted by Gasteiger charge is 2.16. The van der Waals surface area contributed by atoms with Gasteiger partial charge in [0.05, 0.1) is 25.5 Å². The molecule has 0 aliphatic carbocycles. The van der Waals surface area contributed by atoms with Crippen molar-refractivity contribution >= 4 is 39.8 Å².